The highest BCUT2D eigenvalue weighted by Gasteiger charge is 2.29. The summed E-state index contributed by atoms with van der Waals surface area (Å²) in [6, 6.07) is 11.8. The second kappa shape index (κ2) is 16.3. The van der Waals surface area contributed by atoms with Gasteiger partial charge in [0.2, 0.25) is 0 Å². The number of rotatable bonds is 15. The molecule has 6 nitrogen and oxygen atoms in total. The molecule has 0 amide bonds. The Bertz CT molecular complexity index is 1130. The minimum Gasteiger partial charge on any atom is -0.465 e. The third-order valence-corrected chi connectivity index (χ3v) is 8.99. The van der Waals surface area contributed by atoms with Crippen molar-refractivity contribution in [2.24, 2.45) is 5.92 Å². The van der Waals surface area contributed by atoms with Crippen LogP contribution in [0.3, 0.4) is 0 Å². The molecule has 7 heteroatoms. The Morgan fingerprint density at radius 1 is 0.976 bits per heavy atom. The van der Waals surface area contributed by atoms with Gasteiger partial charge in [0.25, 0.3) is 0 Å². The first-order chi connectivity index (χ1) is 19.6. The summed E-state index contributed by atoms with van der Waals surface area (Å²) >= 11 is 3.52. The first-order valence-corrected chi connectivity index (χ1v) is 16.2. The standard InChI is InChI=1S/C34H49BrN2O4/c1-5-34(16-8-6-9-17-34)37-23-29-21-28(22-30(35)31(29)36)33(39)41-19-11-7-10-18-40-32(38)25(4)27-14-12-26(13-15-27)20-24(2)3/h12-15,21-22,24-25,37H,5-11,16-20,23,36H2,1-4H3. The molecule has 1 fully saturated rings. The number of unbranched alkanes of at least 4 members (excludes halogenated alkanes) is 2. The van der Waals surface area contributed by atoms with E-state index < -0.39 is 0 Å². The van der Waals surface area contributed by atoms with Crippen molar-refractivity contribution in [1.29, 1.82) is 0 Å². The van der Waals surface area contributed by atoms with Crippen molar-refractivity contribution in [2.75, 3.05) is 18.9 Å². The molecule has 1 atom stereocenters. The fourth-order valence-corrected chi connectivity index (χ4v) is 6.08. The van der Waals surface area contributed by atoms with E-state index in [0.29, 0.717) is 47.8 Å². The molecule has 1 aliphatic rings. The van der Waals surface area contributed by atoms with Crippen LogP contribution in [0.1, 0.15) is 118 Å². The van der Waals surface area contributed by atoms with Crippen molar-refractivity contribution in [2.45, 2.75) is 110 Å². The van der Waals surface area contributed by atoms with E-state index in [1.54, 1.807) is 6.07 Å². The van der Waals surface area contributed by atoms with E-state index in [1.165, 1.54) is 37.7 Å². The molecule has 0 aliphatic heterocycles. The van der Waals surface area contributed by atoms with Crippen molar-refractivity contribution in [1.82, 2.24) is 5.32 Å². The smallest absolute Gasteiger partial charge is 0.338 e. The fourth-order valence-electron chi connectivity index (χ4n) is 5.58. The Morgan fingerprint density at radius 2 is 1.63 bits per heavy atom. The van der Waals surface area contributed by atoms with Gasteiger partial charge < -0.3 is 20.5 Å². The molecule has 0 spiro atoms. The molecule has 3 rings (SSSR count). The summed E-state index contributed by atoms with van der Waals surface area (Å²) in [5, 5.41) is 3.75. The van der Waals surface area contributed by atoms with Crippen LogP contribution in [0.2, 0.25) is 0 Å². The summed E-state index contributed by atoms with van der Waals surface area (Å²) in [6.07, 6.45) is 10.5. The number of benzene rings is 2. The van der Waals surface area contributed by atoms with E-state index in [2.05, 4.69) is 54.2 Å². The number of hydrogen-bond donors (Lipinski definition) is 2. The third kappa shape index (κ3) is 10.1. The number of carbonyl (C=O) groups excluding carboxylic acids is 2. The minimum atomic E-state index is -0.352. The van der Waals surface area contributed by atoms with Crippen LogP contribution >= 0.6 is 15.9 Å². The van der Waals surface area contributed by atoms with Crippen LogP contribution in [-0.2, 0) is 27.2 Å². The van der Waals surface area contributed by atoms with Gasteiger partial charge in [-0.25, -0.2) is 4.79 Å². The highest BCUT2D eigenvalue weighted by Crippen LogP contribution is 2.32. The van der Waals surface area contributed by atoms with Gasteiger partial charge in [-0.1, -0.05) is 64.3 Å². The Kier molecular flexibility index (Phi) is 13.2. The Labute approximate surface area is 255 Å². The van der Waals surface area contributed by atoms with Crippen molar-refractivity contribution in [3.05, 3.63) is 63.1 Å². The number of nitrogen functional groups attached to an aromatic ring is 1. The number of hydrogen-bond acceptors (Lipinski definition) is 6. The predicted molar refractivity (Wildman–Crippen MR) is 170 cm³/mol. The minimum absolute atomic E-state index is 0.152. The van der Waals surface area contributed by atoms with E-state index in [9.17, 15) is 9.59 Å². The molecule has 0 aromatic heterocycles. The average molecular weight is 630 g/mol. The van der Waals surface area contributed by atoms with Gasteiger partial charge in [0.15, 0.2) is 0 Å². The van der Waals surface area contributed by atoms with Crippen LogP contribution in [-0.4, -0.2) is 30.7 Å². The van der Waals surface area contributed by atoms with Crippen LogP contribution < -0.4 is 11.1 Å². The van der Waals surface area contributed by atoms with E-state index in [4.69, 9.17) is 15.2 Å². The Morgan fingerprint density at radius 3 is 2.27 bits per heavy atom. The van der Waals surface area contributed by atoms with E-state index in [0.717, 1.165) is 36.8 Å². The summed E-state index contributed by atoms with van der Waals surface area (Å²) in [5.74, 6) is -0.250. The molecule has 2 aromatic carbocycles. The average Bonchev–Trinajstić information content (AvgIpc) is 2.97. The second-order valence-corrected chi connectivity index (χ2v) is 12.9. The first-order valence-electron chi connectivity index (χ1n) is 15.4. The van der Waals surface area contributed by atoms with E-state index in [-0.39, 0.29) is 23.4 Å². The van der Waals surface area contributed by atoms with Crippen LogP contribution in [0.5, 0.6) is 0 Å². The SMILES string of the molecule is CCC1(NCc2cc(C(=O)OCCCCCOC(=O)C(C)c3ccc(CC(C)C)cc3)cc(Br)c2N)CCCCC1. The predicted octanol–water partition coefficient (Wildman–Crippen LogP) is 8.11. The van der Waals surface area contributed by atoms with Crippen molar-refractivity contribution >= 4 is 33.6 Å². The van der Waals surface area contributed by atoms with Gasteiger partial charge in [0.05, 0.1) is 30.4 Å². The summed E-state index contributed by atoms with van der Waals surface area (Å²) in [4.78, 5) is 25.3. The zero-order valence-electron chi connectivity index (χ0n) is 25.4. The molecule has 0 saturated heterocycles. The molecule has 0 bridgehead atoms. The zero-order valence-corrected chi connectivity index (χ0v) is 27.0. The molecule has 0 radical (unpaired) electrons. The molecule has 1 aliphatic carbocycles. The summed E-state index contributed by atoms with van der Waals surface area (Å²) < 4.78 is 11.8. The number of ether oxygens (including phenoxy) is 2. The van der Waals surface area contributed by atoms with Gasteiger partial charge in [-0.3, -0.25) is 4.79 Å². The normalized spacial score (nSPS) is 15.5. The molecule has 41 heavy (non-hydrogen) atoms. The maximum atomic E-state index is 12.8. The molecule has 1 saturated carbocycles. The Balaban J connectivity index is 1.37. The largest absolute Gasteiger partial charge is 0.465 e. The lowest BCUT2D eigenvalue weighted by atomic mass is 9.79. The zero-order chi connectivity index (χ0) is 29.8. The first kappa shape index (κ1) is 33.1. The lowest BCUT2D eigenvalue weighted by molar-refractivity contribution is -0.145. The van der Waals surface area contributed by atoms with Crippen molar-refractivity contribution in [3.63, 3.8) is 0 Å². The summed E-state index contributed by atoms with van der Waals surface area (Å²) in [5.41, 5.74) is 10.8. The second-order valence-electron chi connectivity index (χ2n) is 12.0. The van der Waals surface area contributed by atoms with Crippen molar-refractivity contribution < 1.29 is 19.1 Å². The number of carbonyl (C=O) groups is 2. The fraction of sp³-hybridized carbons (Fsp3) is 0.588. The van der Waals surface area contributed by atoms with E-state index in [1.807, 2.05) is 25.1 Å². The molecule has 226 valence electrons. The van der Waals surface area contributed by atoms with Gasteiger partial charge >= 0.3 is 11.9 Å². The number of nitrogens with one attached hydrogen (secondary N) is 1. The Hall–Kier alpha value is -2.38. The molecule has 2 aromatic rings. The maximum Gasteiger partial charge on any atom is 0.338 e. The molecular formula is C34H49BrN2O4. The van der Waals surface area contributed by atoms with E-state index >= 15 is 0 Å². The topological polar surface area (TPSA) is 90.6 Å². The lowest BCUT2D eigenvalue weighted by Crippen LogP contribution is -2.45. The van der Waals surface area contributed by atoms with Crippen LogP contribution in [0.25, 0.3) is 0 Å². The van der Waals surface area contributed by atoms with Gasteiger partial charge in [-0.15, -0.1) is 0 Å². The number of nitrogens with two attached hydrogens (primary N) is 1. The van der Waals surface area contributed by atoms with Crippen LogP contribution in [0, 0.1) is 5.92 Å². The van der Waals surface area contributed by atoms with Crippen LogP contribution in [0.15, 0.2) is 40.9 Å². The quantitative estimate of drug-likeness (QED) is 0.118. The lowest BCUT2D eigenvalue weighted by Gasteiger charge is -2.38. The third-order valence-electron chi connectivity index (χ3n) is 8.34. The summed E-state index contributed by atoms with van der Waals surface area (Å²) in [7, 11) is 0. The molecular weight excluding hydrogens is 580 g/mol. The van der Waals surface area contributed by atoms with Gasteiger partial charge in [0, 0.05) is 16.6 Å². The number of anilines is 1. The van der Waals surface area contributed by atoms with Crippen LogP contribution in [0.4, 0.5) is 5.69 Å². The van der Waals surface area contributed by atoms with Gasteiger partial charge in [-0.2, -0.15) is 0 Å². The molecule has 0 heterocycles. The molecule has 3 N–H and O–H groups in total. The number of esters is 2. The summed E-state index contributed by atoms with van der Waals surface area (Å²) in [6.45, 7) is 9.83. The monoisotopic (exact) mass is 628 g/mol. The van der Waals surface area contributed by atoms with Crippen molar-refractivity contribution in [3.8, 4) is 0 Å². The number of halogens is 1. The highest BCUT2D eigenvalue weighted by molar-refractivity contribution is 9.10. The molecule has 1 unspecified atom stereocenters. The van der Waals surface area contributed by atoms with Gasteiger partial charge in [0.1, 0.15) is 0 Å². The maximum absolute atomic E-state index is 12.8. The highest BCUT2D eigenvalue weighted by atomic mass is 79.9. The van der Waals surface area contributed by atoms with Gasteiger partial charge in [-0.05, 0) is 103 Å².